The molecule has 0 aliphatic carbocycles. The van der Waals surface area contributed by atoms with Gasteiger partial charge in [-0.3, -0.25) is 9.59 Å². The Bertz CT molecular complexity index is 866. The van der Waals surface area contributed by atoms with Crippen LogP contribution in [-0.4, -0.2) is 33.8 Å². The Morgan fingerprint density at radius 2 is 1.72 bits per heavy atom. The number of carbonyl (C=O) groups excluding carboxylic acids is 2. The number of carbonyl (C=O) groups is 2. The van der Waals surface area contributed by atoms with Crippen LogP contribution in [0.2, 0.25) is 0 Å². The molecule has 0 unspecified atom stereocenters. The molecule has 2 saturated heterocycles. The highest BCUT2D eigenvalue weighted by Crippen LogP contribution is 2.46. The number of rotatable bonds is 5. The molecule has 0 bridgehead atoms. The Morgan fingerprint density at radius 3 is 2.38 bits per heavy atom. The molecular formula is C25H29NO3. The van der Waals surface area contributed by atoms with Crippen molar-refractivity contribution in [3.8, 4) is 0 Å². The van der Waals surface area contributed by atoms with Crippen molar-refractivity contribution in [2.45, 2.75) is 63.1 Å². The highest BCUT2D eigenvalue weighted by Gasteiger charge is 2.53. The number of amides is 1. The third-order valence-corrected chi connectivity index (χ3v) is 6.74. The van der Waals surface area contributed by atoms with Gasteiger partial charge >= 0.3 is 0 Å². The zero-order valence-electron chi connectivity index (χ0n) is 17.0. The third-order valence-electron chi connectivity index (χ3n) is 6.74. The lowest BCUT2D eigenvalue weighted by atomic mass is 9.69. The maximum Gasteiger partial charge on any atom is 0.229 e. The number of nitrogens with zero attached hydrogens (tertiary/aromatic N) is 1. The second-order valence-electron chi connectivity index (χ2n) is 8.43. The fourth-order valence-corrected chi connectivity index (χ4v) is 5.33. The van der Waals surface area contributed by atoms with Crippen LogP contribution >= 0.6 is 0 Å². The van der Waals surface area contributed by atoms with E-state index in [1.165, 1.54) is 0 Å². The first-order chi connectivity index (χ1) is 14.0. The Kier molecular flexibility index (Phi) is 5.55. The van der Waals surface area contributed by atoms with Crippen molar-refractivity contribution in [1.82, 2.24) is 4.90 Å². The number of hydrogen-bond donors (Lipinski definition) is 1. The molecule has 1 N–H and O–H groups in total. The Labute approximate surface area is 172 Å². The van der Waals surface area contributed by atoms with E-state index in [1.54, 1.807) is 0 Å². The third kappa shape index (κ3) is 3.62. The fraction of sp³-hybridized carbons (Fsp3) is 0.440. The molecule has 0 spiro atoms. The fourth-order valence-electron chi connectivity index (χ4n) is 5.33. The summed E-state index contributed by atoms with van der Waals surface area (Å²) in [5, 5.41) is 11.6. The van der Waals surface area contributed by atoms with Crippen molar-refractivity contribution in [3.63, 3.8) is 0 Å². The van der Waals surface area contributed by atoms with Crippen LogP contribution in [-0.2, 0) is 10.4 Å². The van der Waals surface area contributed by atoms with Crippen molar-refractivity contribution in [3.05, 3.63) is 71.8 Å². The Morgan fingerprint density at radius 1 is 1.07 bits per heavy atom. The minimum absolute atomic E-state index is 0.000615. The van der Waals surface area contributed by atoms with Crippen LogP contribution < -0.4 is 0 Å². The first kappa shape index (κ1) is 19.8. The summed E-state index contributed by atoms with van der Waals surface area (Å²) < 4.78 is 0. The predicted octanol–water partition coefficient (Wildman–Crippen LogP) is 4.33. The summed E-state index contributed by atoms with van der Waals surface area (Å²) in [7, 11) is 0. The first-order valence-electron chi connectivity index (χ1n) is 10.7. The van der Waals surface area contributed by atoms with Gasteiger partial charge in [0.2, 0.25) is 5.91 Å². The summed E-state index contributed by atoms with van der Waals surface area (Å²) in [6.45, 7) is 1.96. The van der Waals surface area contributed by atoms with Crippen LogP contribution in [0, 0.1) is 5.92 Å². The van der Waals surface area contributed by atoms with Crippen molar-refractivity contribution < 1.29 is 14.7 Å². The van der Waals surface area contributed by atoms with E-state index in [9.17, 15) is 14.7 Å². The van der Waals surface area contributed by atoms with Crippen LogP contribution in [0.15, 0.2) is 60.7 Å². The summed E-state index contributed by atoms with van der Waals surface area (Å²) in [6.07, 6.45) is 4.17. The molecule has 2 aromatic rings. The summed E-state index contributed by atoms with van der Waals surface area (Å²) in [6, 6.07) is 18.8. The molecule has 2 heterocycles. The van der Waals surface area contributed by atoms with Crippen molar-refractivity contribution in [1.29, 1.82) is 0 Å². The van der Waals surface area contributed by atoms with E-state index in [-0.39, 0.29) is 23.8 Å². The van der Waals surface area contributed by atoms with Crippen molar-refractivity contribution in [2.24, 2.45) is 5.92 Å². The van der Waals surface area contributed by atoms with Crippen LogP contribution in [0.3, 0.4) is 0 Å². The maximum absolute atomic E-state index is 13.6. The molecule has 4 nitrogen and oxygen atoms in total. The summed E-state index contributed by atoms with van der Waals surface area (Å²) in [5.74, 6) is -0.393. The van der Waals surface area contributed by atoms with Gasteiger partial charge in [0.05, 0.1) is 5.92 Å². The van der Waals surface area contributed by atoms with Crippen LogP contribution in [0.5, 0.6) is 0 Å². The highest BCUT2D eigenvalue weighted by molar-refractivity contribution is 5.96. The molecule has 0 radical (unpaired) electrons. The van der Waals surface area contributed by atoms with Gasteiger partial charge in [0.1, 0.15) is 5.60 Å². The molecule has 2 aliphatic heterocycles. The van der Waals surface area contributed by atoms with Crippen LogP contribution in [0.1, 0.15) is 61.4 Å². The molecule has 0 saturated carbocycles. The smallest absolute Gasteiger partial charge is 0.229 e. The average Bonchev–Trinajstić information content (AvgIpc) is 2.75. The minimum Gasteiger partial charge on any atom is -0.384 e. The summed E-state index contributed by atoms with van der Waals surface area (Å²) >= 11 is 0. The largest absolute Gasteiger partial charge is 0.384 e. The van der Waals surface area contributed by atoms with E-state index in [4.69, 9.17) is 0 Å². The van der Waals surface area contributed by atoms with Gasteiger partial charge in [-0.05, 0) is 31.2 Å². The summed E-state index contributed by atoms with van der Waals surface area (Å²) in [5.41, 5.74) is 0.383. The number of Topliss-reactive ketones (excluding diaryl/α,β-unsaturated/α-hetero) is 1. The first-order valence-corrected chi connectivity index (χ1v) is 10.7. The minimum atomic E-state index is -1.14. The number of aliphatic hydroxyl groups is 1. The van der Waals surface area contributed by atoms with E-state index in [0.717, 1.165) is 24.8 Å². The standard InChI is InChI=1S/C25H29NO3/c1-2-22-24(28)26-20(16-23(27)18-10-5-3-6-11-18)14-9-15-21(26)17-25(22,29)19-12-7-4-8-13-19/h3-8,10-13,20-22,29H,2,9,14-17H2,1H3/t20-,21+,22-,25-/m0/s1. The van der Waals surface area contributed by atoms with Gasteiger partial charge < -0.3 is 10.0 Å². The lowest BCUT2D eigenvalue weighted by Gasteiger charge is -2.53. The summed E-state index contributed by atoms with van der Waals surface area (Å²) in [4.78, 5) is 28.3. The SMILES string of the molecule is CC[C@H]1C(=O)N2[C@H](CCC[C@H]2CC(=O)c2ccccc2)C[C@]1(O)c1ccccc1. The van der Waals surface area contributed by atoms with Crippen LogP contribution in [0.4, 0.5) is 0 Å². The molecule has 2 fully saturated rings. The van der Waals surface area contributed by atoms with Gasteiger partial charge in [-0.2, -0.15) is 0 Å². The highest BCUT2D eigenvalue weighted by atomic mass is 16.3. The monoisotopic (exact) mass is 391 g/mol. The molecule has 2 aliphatic rings. The zero-order chi connectivity index (χ0) is 20.4. The van der Waals surface area contributed by atoms with Gasteiger partial charge in [0.25, 0.3) is 0 Å². The van der Waals surface area contributed by atoms with E-state index in [2.05, 4.69) is 0 Å². The van der Waals surface area contributed by atoms with Crippen LogP contribution in [0.25, 0.3) is 0 Å². The lowest BCUT2D eigenvalue weighted by molar-refractivity contribution is -0.171. The normalized spacial score (nSPS) is 29.4. The molecule has 0 aromatic heterocycles. The van der Waals surface area contributed by atoms with Gasteiger partial charge in [-0.25, -0.2) is 0 Å². The number of fused-ring (bicyclic) bond motifs is 1. The van der Waals surface area contributed by atoms with Crippen molar-refractivity contribution >= 4 is 11.7 Å². The number of hydrogen-bond acceptors (Lipinski definition) is 3. The van der Waals surface area contributed by atoms with E-state index in [0.29, 0.717) is 24.8 Å². The van der Waals surface area contributed by atoms with Gasteiger partial charge in [0, 0.05) is 30.5 Å². The number of ketones is 1. The van der Waals surface area contributed by atoms with E-state index >= 15 is 0 Å². The van der Waals surface area contributed by atoms with Gasteiger partial charge in [-0.1, -0.05) is 67.6 Å². The maximum atomic E-state index is 13.6. The van der Waals surface area contributed by atoms with Crippen molar-refractivity contribution in [2.75, 3.05) is 0 Å². The average molecular weight is 392 g/mol. The molecule has 152 valence electrons. The Balaban J connectivity index is 1.60. The zero-order valence-corrected chi connectivity index (χ0v) is 17.0. The second-order valence-corrected chi connectivity index (χ2v) is 8.43. The lowest BCUT2D eigenvalue weighted by Crippen LogP contribution is -2.62. The Hall–Kier alpha value is -2.46. The second kappa shape index (κ2) is 8.11. The quantitative estimate of drug-likeness (QED) is 0.772. The van der Waals surface area contributed by atoms with E-state index in [1.807, 2.05) is 72.5 Å². The molecule has 29 heavy (non-hydrogen) atoms. The molecule has 4 atom stereocenters. The van der Waals surface area contributed by atoms with Gasteiger partial charge in [0.15, 0.2) is 5.78 Å². The number of benzene rings is 2. The topological polar surface area (TPSA) is 57.6 Å². The molecular weight excluding hydrogens is 362 g/mol. The molecule has 1 amide bonds. The van der Waals surface area contributed by atoms with Gasteiger partial charge in [-0.15, -0.1) is 0 Å². The van der Waals surface area contributed by atoms with E-state index < -0.39 is 11.5 Å². The molecule has 4 heteroatoms. The predicted molar refractivity (Wildman–Crippen MR) is 112 cm³/mol. The molecule has 4 rings (SSSR count). The number of piperidine rings is 2. The molecule has 2 aromatic carbocycles.